The number of rotatable bonds is 2. The molecule has 0 fully saturated rings. The molecule has 5 aromatic carbocycles. The molecule has 1 nitrogen and oxygen atoms in total. The van der Waals surface area contributed by atoms with E-state index in [9.17, 15) is 0 Å². The zero-order valence-electron chi connectivity index (χ0n) is 17.6. The van der Waals surface area contributed by atoms with Crippen molar-refractivity contribution >= 4 is 69.2 Å². The summed E-state index contributed by atoms with van der Waals surface area (Å²) in [6.07, 6.45) is 0. The fraction of sp³-hybridized carbons (Fsp3) is 0. The molecule has 3 heteroatoms. The number of nitrogens with zero attached hydrogens (tertiary/aromatic N) is 1. The molecule has 0 bridgehead atoms. The fourth-order valence-electron chi connectivity index (χ4n) is 4.95. The summed E-state index contributed by atoms with van der Waals surface area (Å²) in [6, 6.07) is 39.6. The summed E-state index contributed by atoms with van der Waals surface area (Å²) >= 11 is 5.48. The third-order valence-electron chi connectivity index (χ3n) is 6.45. The first-order chi connectivity index (χ1) is 16.3. The highest BCUT2D eigenvalue weighted by Crippen LogP contribution is 2.38. The van der Waals surface area contributed by atoms with Crippen LogP contribution in [0.5, 0.6) is 0 Å². The monoisotopic (exact) mass is 503 g/mol. The van der Waals surface area contributed by atoms with Gasteiger partial charge < -0.3 is 4.57 Å². The van der Waals surface area contributed by atoms with Crippen LogP contribution in [0.2, 0.25) is 0 Å². The predicted molar refractivity (Wildman–Crippen MR) is 147 cm³/mol. The lowest BCUT2D eigenvalue weighted by atomic mass is 10.0. The Labute approximate surface area is 203 Å². The number of thiophene rings is 1. The van der Waals surface area contributed by atoms with Gasteiger partial charge in [-0.2, -0.15) is 0 Å². The molecule has 2 heterocycles. The van der Waals surface area contributed by atoms with Crippen LogP contribution in [0, 0.1) is 0 Å². The summed E-state index contributed by atoms with van der Waals surface area (Å²) in [5.41, 5.74) is 6.11. The Morgan fingerprint density at radius 3 is 2.18 bits per heavy atom. The second-order valence-corrected chi connectivity index (χ2v) is 10.4. The molecule has 0 spiro atoms. The van der Waals surface area contributed by atoms with Crippen molar-refractivity contribution in [1.29, 1.82) is 0 Å². The first-order valence-electron chi connectivity index (χ1n) is 11.0. The summed E-state index contributed by atoms with van der Waals surface area (Å²) in [6.45, 7) is 0. The number of hydrogen-bond donors (Lipinski definition) is 0. The van der Waals surface area contributed by atoms with Crippen molar-refractivity contribution in [2.45, 2.75) is 0 Å². The van der Waals surface area contributed by atoms with E-state index in [1.165, 1.54) is 58.8 Å². The van der Waals surface area contributed by atoms with Gasteiger partial charge in [0, 0.05) is 41.1 Å². The van der Waals surface area contributed by atoms with Crippen LogP contribution in [0.25, 0.3) is 58.8 Å². The minimum absolute atomic E-state index is 1.10. The third-order valence-corrected chi connectivity index (χ3v) is 8.09. The maximum absolute atomic E-state index is 3.61. The predicted octanol–water partition coefficient (Wildman–Crippen LogP) is 9.58. The van der Waals surface area contributed by atoms with Crippen LogP contribution in [0.1, 0.15) is 0 Å². The van der Waals surface area contributed by atoms with Crippen molar-refractivity contribution < 1.29 is 0 Å². The third kappa shape index (κ3) is 2.97. The van der Waals surface area contributed by atoms with Crippen molar-refractivity contribution in [3.05, 3.63) is 114 Å². The molecule has 2 aromatic heterocycles. The van der Waals surface area contributed by atoms with Crippen LogP contribution in [0.15, 0.2) is 114 Å². The fourth-order valence-corrected chi connectivity index (χ4v) is 6.44. The molecule has 0 aliphatic heterocycles. The number of para-hydroxylation sites is 1. The quantitative estimate of drug-likeness (QED) is 0.221. The van der Waals surface area contributed by atoms with Gasteiger partial charge in [-0.3, -0.25) is 0 Å². The Hall–Kier alpha value is -3.40. The zero-order valence-corrected chi connectivity index (χ0v) is 20.0. The van der Waals surface area contributed by atoms with Crippen molar-refractivity contribution in [2.24, 2.45) is 0 Å². The minimum Gasteiger partial charge on any atom is -0.309 e. The molecule has 0 saturated carbocycles. The van der Waals surface area contributed by atoms with Crippen LogP contribution in [-0.4, -0.2) is 4.57 Å². The van der Waals surface area contributed by atoms with Gasteiger partial charge in [0.2, 0.25) is 0 Å². The maximum Gasteiger partial charge on any atom is 0.0541 e. The van der Waals surface area contributed by atoms with Gasteiger partial charge in [0.05, 0.1) is 11.0 Å². The summed E-state index contributed by atoms with van der Waals surface area (Å²) in [7, 11) is 0. The van der Waals surface area contributed by atoms with E-state index in [0.717, 1.165) is 4.47 Å². The van der Waals surface area contributed by atoms with Gasteiger partial charge in [0.1, 0.15) is 0 Å². The lowest BCUT2D eigenvalue weighted by molar-refractivity contribution is 1.19. The van der Waals surface area contributed by atoms with Crippen molar-refractivity contribution in [3.63, 3.8) is 0 Å². The van der Waals surface area contributed by atoms with Gasteiger partial charge in [-0.05, 0) is 65.7 Å². The molecule has 7 aromatic rings. The van der Waals surface area contributed by atoms with Crippen molar-refractivity contribution in [3.8, 4) is 16.8 Å². The van der Waals surface area contributed by atoms with E-state index in [4.69, 9.17) is 0 Å². The van der Waals surface area contributed by atoms with Gasteiger partial charge in [0.25, 0.3) is 0 Å². The van der Waals surface area contributed by atoms with Crippen LogP contribution in [0.4, 0.5) is 0 Å². The van der Waals surface area contributed by atoms with Crippen LogP contribution in [-0.2, 0) is 0 Å². The summed E-state index contributed by atoms with van der Waals surface area (Å²) < 4.78 is 6.17. The zero-order chi connectivity index (χ0) is 21.9. The first-order valence-corrected chi connectivity index (χ1v) is 12.6. The van der Waals surface area contributed by atoms with Crippen LogP contribution < -0.4 is 0 Å². The summed E-state index contributed by atoms with van der Waals surface area (Å²) in [4.78, 5) is 0. The Morgan fingerprint density at radius 2 is 1.27 bits per heavy atom. The van der Waals surface area contributed by atoms with Gasteiger partial charge in [0.15, 0.2) is 0 Å². The molecule has 0 N–H and O–H groups in total. The highest BCUT2D eigenvalue weighted by molar-refractivity contribution is 9.10. The average Bonchev–Trinajstić information content (AvgIpc) is 3.39. The Kier molecular flexibility index (Phi) is 4.23. The summed E-state index contributed by atoms with van der Waals surface area (Å²) in [5, 5.41) is 5.21. The van der Waals surface area contributed by atoms with Gasteiger partial charge in [-0.15, -0.1) is 11.3 Å². The lowest BCUT2D eigenvalue weighted by Gasteiger charge is -2.09. The van der Waals surface area contributed by atoms with Gasteiger partial charge >= 0.3 is 0 Å². The molecular formula is C30H18BrNS. The second kappa shape index (κ2) is 7.31. The maximum atomic E-state index is 3.61. The number of fused-ring (bicyclic) bond motifs is 6. The van der Waals surface area contributed by atoms with Gasteiger partial charge in [-0.25, -0.2) is 0 Å². The Bertz CT molecular complexity index is 1840. The molecule has 0 unspecified atom stereocenters. The normalized spacial score (nSPS) is 11.8. The average molecular weight is 504 g/mol. The van der Waals surface area contributed by atoms with E-state index in [1.807, 2.05) is 11.3 Å². The molecule has 0 saturated heterocycles. The number of halogens is 1. The molecule has 156 valence electrons. The molecule has 33 heavy (non-hydrogen) atoms. The van der Waals surface area contributed by atoms with E-state index in [-0.39, 0.29) is 0 Å². The van der Waals surface area contributed by atoms with E-state index >= 15 is 0 Å². The Morgan fingerprint density at radius 1 is 0.515 bits per heavy atom. The highest BCUT2D eigenvalue weighted by atomic mass is 79.9. The van der Waals surface area contributed by atoms with E-state index in [0.29, 0.717) is 0 Å². The Balaban J connectivity index is 1.52. The largest absolute Gasteiger partial charge is 0.309 e. The molecule has 0 atom stereocenters. The van der Waals surface area contributed by atoms with Crippen molar-refractivity contribution in [2.75, 3.05) is 0 Å². The molecule has 7 rings (SSSR count). The smallest absolute Gasteiger partial charge is 0.0541 e. The van der Waals surface area contributed by atoms with E-state index < -0.39 is 0 Å². The highest BCUT2D eigenvalue weighted by Gasteiger charge is 2.14. The van der Waals surface area contributed by atoms with E-state index in [1.54, 1.807) is 0 Å². The van der Waals surface area contributed by atoms with Crippen LogP contribution >= 0.6 is 27.3 Å². The molecule has 0 radical (unpaired) electrons. The van der Waals surface area contributed by atoms with Gasteiger partial charge in [-0.1, -0.05) is 70.5 Å². The summed E-state index contributed by atoms with van der Waals surface area (Å²) in [5.74, 6) is 0. The van der Waals surface area contributed by atoms with Crippen molar-refractivity contribution in [1.82, 2.24) is 4.57 Å². The standard InChI is InChI=1S/C30H18BrNS/c31-21-7-5-6-19(16-21)20-12-14-28-25(17-20)23-8-1-3-10-27(23)32(28)22-13-15-30-26(18-22)24-9-2-4-11-29(24)33-30/h1-18H. The number of hydrogen-bond acceptors (Lipinski definition) is 1. The number of aromatic nitrogens is 1. The molecule has 0 amide bonds. The SMILES string of the molecule is Brc1cccc(-c2ccc3c(c2)c2ccccc2n3-c2ccc3sc4ccccc4c3c2)c1. The topological polar surface area (TPSA) is 4.93 Å². The van der Waals surface area contributed by atoms with E-state index in [2.05, 4.69) is 130 Å². The number of benzene rings is 5. The minimum atomic E-state index is 1.10. The van der Waals surface area contributed by atoms with Crippen LogP contribution in [0.3, 0.4) is 0 Å². The molecular weight excluding hydrogens is 486 g/mol. The molecule has 0 aliphatic carbocycles. The lowest BCUT2D eigenvalue weighted by Crippen LogP contribution is -1.93. The molecule has 0 aliphatic rings. The second-order valence-electron chi connectivity index (χ2n) is 8.37. The first kappa shape index (κ1) is 19.1.